The molecule has 3 rings (SSSR count). The van der Waals surface area contributed by atoms with E-state index in [-0.39, 0.29) is 0 Å². The second kappa shape index (κ2) is 3.37. The molecule has 1 saturated heterocycles. The van der Waals surface area contributed by atoms with Gasteiger partial charge in [0, 0.05) is 0 Å². The van der Waals surface area contributed by atoms with Gasteiger partial charge in [0.15, 0.2) is 0 Å². The van der Waals surface area contributed by atoms with Crippen molar-refractivity contribution in [1.82, 2.24) is 0 Å². The Labute approximate surface area is 83.8 Å². The molecule has 2 aliphatic rings. The summed E-state index contributed by atoms with van der Waals surface area (Å²) in [5.74, 6) is 0. The van der Waals surface area contributed by atoms with Crippen molar-refractivity contribution in [3.8, 4) is 0 Å². The number of benzene rings is 1. The summed E-state index contributed by atoms with van der Waals surface area (Å²) in [6.45, 7) is 1.50. The van der Waals surface area contributed by atoms with Crippen molar-refractivity contribution in [2.45, 2.75) is 31.7 Å². The van der Waals surface area contributed by atoms with E-state index >= 15 is 0 Å². The van der Waals surface area contributed by atoms with Crippen molar-refractivity contribution in [2.75, 3.05) is 6.61 Å². The summed E-state index contributed by atoms with van der Waals surface area (Å²) in [6, 6.07) is 8.54. The molecule has 0 radical (unpaired) electrons. The standard InChI is InChI=1S/C12H14O2/c1-2-4-10-7-13-8-12-11(14-12)6-5-9(10)3-1/h1-4,11-12H,5-8H2/t11-,12-/m1/s1. The highest BCUT2D eigenvalue weighted by Crippen LogP contribution is 2.29. The third-order valence-corrected chi connectivity index (χ3v) is 3.04. The van der Waals surface area contributed by atoms with Gasteiger partial charge in [-0.1, -0.05) is 24.3 Å². The van der Waals surface area contributed by atoms with Gasteiger partial charge in [0.1, 0.15) is 6.10 Å². The fourth-order valence-electron chi connectivity index (χ4n) is 2.10. The van der Waals surface area contributed by atoms with Crippen molar-refractivity contribution < 1.29 is 9.47 Å². The first-order valence-corrected chi connectivity index (χ1v) is 5.23. The van der Waals surface area contributed by atoms with Crippen molar-refractivity contribution in [3.05, 3.63) is 35.4 Å². The Morgan fingerprint density at radius 3 is 2.86 bits per heavy atom. The first-order valence-electron chi connectivity index (χ1n) is 5.23. The van der Waals surface area contributed by atoms with Crippen molar-refractivity contribution in [3.63, 3.8) is 0 Å². The third kappa shape index (κ3) is 1.56. The Morgan fingerprint density at radius 2 is 1.93 bits per heavy atom. The van der Waals surface area contributed by atoms with E-state index in [1.807, 2.05) is 0 Å². The Bertz CT molecular complexity index is 335. The van der Waals surface area contributed by atoms with E-state index in [0.29, 0.717) is 12.2 Å². The quantitative estimate of drug-likeness (QED) is 0.583. The van der Waals surface area contributed by atoms with E-state index in [2.05, 4.69) is 24.3 Å². The van der Waals surface area contributed by atoms with E-state index in [0.717, 1.165) is 26.1 Å². The van der Waals surface area contributed by atoms with Crippen LogP contribution in [0.15, 0.2) is 24.3 Å². The number of aryl methyl sites for hydroxylation is 1. The van der Waals surface area contributed by atoms with Crippen molar-refractivity contribution in [1.29, 1.82) is 0 Å². The highest BCUT2D eigenvalue weighted by Gasteiger charge is 2.38. The van der Waals surface area contributed by atoms with E-state index in [9.17, 15) is 0 Å². The highest BCUT2D eigenvalue weighted by molar-refractivity contribution is 5.27. The molecule has 0 aliphatic carbocycles. The molecule has 2 heterocycles. The lowest BCUT2D eigenvalue weighted by Crippen LogP contribution is -2.03. The van der Waals surface area contributed by atoms with Crippen LogP contribution in [0, 0.1) is 0 Å². The molecule has 1 aromatic carbocycles. The minimum Gasteiger partial charge on any atom is -0.374 e. The molecular weight excluding hydrogens is 176 g/mol. The van der Waals surface area contributed by atoms with E-state index in [1.165, 1.54) is 11.1 Å². The summed E-state index contributed by atoms with van der Waals surface area (Å²) in [6.07, 6.45) is 3.11. The van der Waals surface area contributed by atoms with Crippen LogP contribution in [-0.4, -0.2) is 18.8 Å². The van der Waals surface area contributed by atoms with Crippen LogP contribution in [0.1, 0.15) is 17.5 Å². The number of hydrogen-bond donors (Lipinski definition) is 0. The van der Waals surface area contributed by atoms with Crippen LogP contribution in [0.5, 0.6) is 0 Å². The predicted molar refractivity (Wildman–Crippen MR) is 53.1 cm³/mol. The van der Waals surface area contributed by atoms with Gasteiger partial charge in [0.2, 0.25) is 0 Å². The lowest BCUT2D eigenvalue weighted by atomic mass is 10.0. The molecule has 2 aliphatic heterocycles. The zero-order chi connectivity index (χ0) is 9.38. The van der Waals surface area contributed by atoms with Gasteiger partial charge >= 0.3 is 0 Å². The van der Waals surface area contributed by atoms with Gasteiger partial charge < -0.3 is 9.47 Å². The second-order valence-corrected chi connectivity index (χ2v) is 4.04. The number of ether oxygens (including phenoxy) is 2. The smallest absolute Gasteiger partial charge is 0.107 e. The molecule has 0 unspecified atom stereocenters. The van der Waals surface area contributed by atoms with Gasteiger partial charge in [0.05, 0.1) is 19.3 Å². The normalized spacial score (nSPS) is 30.6. The molecule has 1 aromatic rings. The zero-order valence-corrected chi connectivity index (χ0v) is 8.11. The minimum absolute atomic E-state index is 0.379. The van der Waals surface area contributed by atoms with Crippen LogP contribution in [0.25, 0.3) is 0 Å². The second-order valence-electron chi connectivity index (χ2n) is 4.04. The minimum atomic E-state index is 0.379. The number of hydrogen-bond acceptors (Lipinski definition) is 2. The monoisotopic (exact) mass is 190 g/mol. The van der Waals surface area contributed by atoms with Gasteiger partial charge in [-0.2, -0.15) is 0 Å². The summed E-state index contributed by atoms with van der Waals surface area (Å²) in [7, 11) is 0. The molecule has 0 aromatic heterocycles. The molecule has 0 N–H and O–H groups in total. The van der Waals surface area contributed by atoms with Gasteiger partial charge in [0.25, 0.3) is 0 Å². The van der Waals surface area contributed by atoms with Crippen LogP contribution in [0.3, 0.4) is 0 Å². The Kier molecular flexibility index (Phi) is 2.03. The zero-order valence-electron chi connectivity index (χ0n) is 8.11. The molecule has 2 nitrogen and oxygen atoms in total. The molecule has 2 atom stereocenters. The summed E-state index contributed by atoms with van der Waals surface area (Å²) in [5.41, 5.74) is 2.76. The summed E-state index contributed by atoms with van der Waals surface area (Å²) >= 11 is 0. The van der Waals surface area contributed by atoms with Crippen molar-refractivity contribution >= 4 is 0 Å². The lowest BCUT2D eigenvalue weighted by molar-refractivity contribution is 0.103. The first-order chi connectivity index (χ1) is 6.93. The lowest BCUT2D eigenvalue weighted by Gasteiger charge is -2.07. The molecule has 0 bridgehead atoms. The maximum Gasteiger partial charge on any atom is 0.107 e. The number of epoxide rings is 1. The molecule has 74 valence electrons. The average Bonchev–Trinajstić information content (AvgIpc) is 2.95. The Morgan fingerprint density at radius 1 is 1.07 bits per heavy atom. The first kappa shape index (κ1) is 8.45. The molecule has 0 amide bonds. The van der Waals surface area contributed by atoms with Gasteiger partial charge in [-0.3, -0.25) is 0 Å². The third-order valence-electron chi connectivity index (χ3n) is 3.04. The topological polar surface area (TPSA) is 21.8 Å². The maximum absolute atomic E-state index is 5.61. The predicted octanol–water partition coefficient (Wildman–Crippen LogP) is 1.92. The van der Waals surface area contributed by atoms with Gasteiger partial charge in [-0.05, 0) is 24.0 Å². The van der Waals surface area contributed by atoms with E-state index in [1.54, 1.807) is 0 Å². The number of fused-ring (bicyclic) bond motifs is 2. The Hall–Kier alpha value is -0.860. The molecule has 2 heteroatoms. The van der Waals surface area contributed by atoms with Gasteiger partial charge in [-0.25, -0.2) is 0 Å². The van der Waals surface area contributed by atoms with Crippen LogP contribution >= 0.6 is 0 Å². The van der Waals surface area contributed by atoms with E-state index < -0.39 is 0 Å². The number of rotatable bonds is 0. The summed E-state index contributed by atoms with van der Waals surface area (Å²) in [5, 5.41) is 0. The SMILES string of the molecule is c1ccc2c(c1)CC[C@H]1O[C@@H]1COC2. The molecule has 14 heavy (non-hydrogen) atoms. The average molecular weight is 190 g/mol. The molecule has 0 saturated carbocycles. The summed E-state index contributed by atoms with van der Waals surface area (Å²) < 4.78 is 11.1. The largest absolute Gasteiger partial charge is 0.374 e. The fraction of sp³-hybridized carbons (Fsp3) is 0.500. The van der Waals surface area contributed by atoms with Crippen LogP contribution in [0.2, 0.25) is 0 Å². The Balaban J connectivity index is 1.84. The summed E-state index contributed by atoms with van der Waals surface area (Å²) in [4.78, 5) is 0. The van der Waals surface area contributed by atoms with Crippen LogP contribution < -0.4 is 0 Å². The van der Waals surface area contributed by atoms with E-state index in [4.69, 9.17) is 9.47 Å². The van der Waals surface area contributed by atoms with Crippen LogP contribution in [0.4, 0.5) is 0 Å². The molecular formula is C12H14O2. The fourth-order valence-corrected chi connectivity index (χ4v) is 2.10. The molecule has 0 spiro atoms. The highest BCUT2D eigenvalue weighted by atomic mass is 16.6. The maximum atomic E-state index is 5.61. The van der Waals surface area contributed by atoms with Gasteiger partial charge in [-0.15, -0.1) is 0 Å². The molecule has 1 fully saturated rings. The van der Waals surface area contributed by atoms with Crippen molar-refractivity contribution in [2.24, 2.45) is 0 Å². The van der Waals surface area contributed by atoms with Crippen LogP contribution in [-0.2, 0) is 22.5 Å².